The fraction of sp³-hybridized carbons (Fsp3) is 0.217. The van der Waals surface area contributed by atoms with Crippen molar-refractivity contribution in [2.75, 3.05) is 11.9 Å². The number of aromatic amines is 1. The fourth-order valence-electron chi connectivity index (χ4n) is 3.81. The predicted octanol–water partition coefficient (Wildman–Crippen LogP) is 5.02. The zero-order valence-corrected chi connectivity index (χ0v) is 17.9. The molecule has 0 saturated carbocycles. The molecular weight excluding hydrogens is 431 g/mol. The third-order valence-electron chi connectivity index (χ3n) is 5.42. The maximum atomic E-state index is 14.0. The van der Waals surface area contributed by atoms with Crippen molar-refractivity contribution in [3.8, 4) is 11.4 Å². The van der Waals surface area contributed by atoms with Gasteiger partial charge in [0.05, 0.1) is 18.0 Å². The van der Waals surface area contributed by atoms with Gasteiger partial charge in [-0.05, 0) is 38.0 Å². The van der Waals surface area contributed by atoms with E-state index in [9.17, 15) is 13.2 Å². The lowest BCUT2D eigenvalue weighted by molar-refractivity contribution is 0.591. The van der Waals surface area contributed by atoms with Gasteiger partial charge in [0, 0.05) is 42.0 Å². The molecule has 168 valence electrons. The van der Waals surface area contributed by atoms with Crippen molar-refractivity contribution in [1.29, 1.82) is 0 Å². The number of nitrogens with one attached hydrogen (secondary N) is 2. The van der Waals surface area contributed by atoms with E-state index in [0.717, 1.165) is 17.8 Å². The van der Waals surface area contributed by atoms with Gasteiger partial charge in [0.15, 0.2) is 17.3 Å². The average molecular weight is 451 g/mol. The normalized spacial score (nSPS) is 11.7. The van der Waals surface area contributed by atoms with Crippen LogP contribution >= 0.6 is 0 Å². The Morgan fingerprint density at radius 2 is 1.91 bits per heavy atom. The number of aromatic nitrogens is 6. The molecule has 0 aliphatic rings. The van der Waals surface area contributed by atoms with E-state index in [2.05, 4.69) is 30.2 Å². The van der Waals surface area contributed by atoms with Crippen molar-refractivity contribution in [2.24, 2.45) is 0 Å². The molecule has 0 spiro atoms. The first-order valence-corrected chi connectivity index (χ1v) is 10.4. The maximum absolute atomic E-state index is 14.0. The van der Waals surface area contributed by atoms with Crippen LogP contribution in [0.25, 0.3) is 33.5 Å². The third kappa shape index (κ3) is 3.88. The van der Waals surface area contributed by atoms with Crippen LogP contribution in [0.3, 0.4) is 0 Å². The second-order valence-electron chi connectivity index (χ2n) is 8.01. The second-order valence-corrected chi connectivity index (χ2v) is 8.01. The van der Waals surface area contributed by atoms with Gasteiger partial charge in [0.25, 0.3) is 0 Å². The van der Waals surface area contributed by atoms with Crippen LogP contribution in [-0.2, 0) is 6.42 Å². The van der Waals surface area contributed by atoms with E-state index < -0.39 is 17.5 Å². The van der Waals surface area contributed by atoms with Crippen molar-refractivity contribution < 1.29 is 13.2 Å². The van der Waals surface area contributed by atoms with Gasteiger partial charge in [-0.1, -0.05) is 0 Å². The average Bonchev–Trinajstić information content (AvgIpc) is 3.38. The van der Waals surface area contributed by atoms with E-state index >= 15 is 0 Å². The summed E-state index contributed by atoms with van der Waals surface area (Å²) in [5.41, 5.74) is 2.67. The van der Waals surface area contributed by atoms with Crippen LogP contribution in [0.5, 0.6) is 0 Å². The summed E-state index contributed by atoms with van der Waals surface area (Å²) < 4.78 is 43.3. The Hall–Kier alpha value is -3.95. The number of hydrogen-bond acceptors (Lipinski definition) is 5. The molecule has 2 N–H and O–H groups in total. The first-order valence-electron chi connectivity index (χ1n) is 10.4. The van der Waals surface area contributed by atoms with E-state index in [0.29, 0.717) is 46.7 Å². The van der Waals surface area contributed by atoms with Crippen LogP contribution in [0.2, 0.25) is 0 Å². The maximum Gasteiger partial charge on any atom is 0.166 e. The molecule has 0 amide bonds. The molecule has 0 radical (unpaired) electrons. The lowest BCUT2D eigenvalue weighted by Gasteiger charge is -2.11. The SMILES string of the molecule is CC(C)n1cnc2c(NCCc3c[nH]c4c(F)cc(F)cc34)nc(-c3cncc(F)c3)nc21. The highest BCUT2D eigenvalue weighted by atomic mass is 19.1. The summed E-state index contributed by atoms with van der Waals surface area (Å²) in [4.78, 5) is 20.4. The minimum atomic E-state index is -0.630. The van der Waals surface area contributed by atoms with E-state index in [4.69, 9.17) is 0 Å². The Bertz CT molecular complexity index is 1470. The van der Waals surface area contributed by atoms with Crippen LogP contribution in [-0.4, -0.2) is 36.0 Å². The number of nitrogens with zero attached hydrogens (tertiary/aromatic N) is 5. The molecule has 0 unspecified atom stereocenters. The highest BCUT2D eigenvalue weighted by molar-refractivity contribution is 5.86. The zero-order chi connectivity index (χ0) is 23.1. The monoisotopic (exact) mass is 451 g/mol. The molecule has 4 heterocycles. The van der Waals surface area contributed by atoms with Gasteiger partial charge in [-0.3, -0.25) is 4.98 Å². The Kier molecular flexibility index (Phi) is 5.20. The van der Waals surface area contributed by atoms with E-state index in [1.165, 1.54) is 18.3 Å². The van der Waals surface area contributed by atoms with Gasteiger partial charge in [-0.2, -0.15) is 0 Å². The molecule has 0 bridgehead atoms. The topological polar surface area (TPSA) is 84.3 Å². The molecule has 0 aliphatic carbocycles. The highest BCUT2D eigenvalue weighted by Crippen LogP contribution is 2.27. The van der Waals surface area contributed by atoms with Crippen molar-refractivity contribution >= 4 is 27.9 Å². The largest absolute Gasteiger partial charge is 0.368 e. The Morgan fingerprint density at radius 3 is 2.70 bits per heavy atom. The van der Waals surface area contributed by atoms with Gasteiger partial charge in [-0.25, -0.2) is 28.1 Å². The number of anilines is 1. The molecule has 1 aromatic carbocycles. The number of H-pyrrole nitrogens is 1. The van der Waals surface area contributed by atoms with Crippen LogP contribution in [0.4, 0.5) is 19.0 Å². The lowest BCUT2D eigenvalue weighted by Crippen LogP contribution is -2.09. The lowest BCUT2D eigenvalue weighted by atomic mass is 10.1. The number of fused-ring (bicyclic) bond motifs is 2. The van der Waals surface area contributed by atoms with E-state index in [1.807, 2.05) is 18.4 Å². The van der Waals surface area contributed by atoms with Crippen LogP contribution in [0.1, 0.15) is 25.5 Å². The summed E-state index contributed by atoms with van der Waals surface area (Å²) in [6.45, 7) is 4.44. The smallest absolute Gasteiger partial charge is 0.166 e. The van der Waals surface area contributed by atoms with Crippen molar-refractivity contribution in [1.82, 2.24) is 29.5 Å². The van der Waals surface area contributed by atoms with Gasteiger partial charge in [-0.15, -0.1) is 0 Å². The molecule has 10 heteroatoms. The fourth-order valence-corrected chi connectivity index (χ4v) is 3.81. The quantitative estimate of drug-likeness (QED) is 0.379. The summed E-state index contributed by atoms with van der Waals surface area (Å²) in [5, 5.41) is 3.75. The van der Waals surface area contributed by atoms with Crippen molar-refractivity contribution in [3.63, 3.8) is 0 Å². The standard InChI is InChI=1S/C23H20F3N7/c1-12(2)33-11-30-20-22(31-21(32-23(20)33)14-5-16(25)10-27-8-14)28-4-3-13-9-29-19-17(13)6-15(24)7-18(19)26/h5-12,29H,3-4H2,1-2H3,(H,28,31,32). The number of imidazole rings is 1. The summed E-state index contributed by atoms with van der Waals surface area (Å²) >= 11 is 0. The number of hydrogen-bond donors (Lipinski definition) is 2. The van der Waals surface area contributed by atoms with Gasteiger partial charge < -0.3 is 14.9 Å². The summed E-state index contributed by atoms with van der Waals surface area (Å²) in [5.74, 6) is -0.943. The second kappa shape index (κ2) is 8.19. The van der Waals surface area contributed by atoms with Crippen LogP contribution in [0, 0.1) is 17.5 Å². The zero-order valence-electron chi connectivity index (χ0n) is 17.9. The predicted molar refractivity (Wildman–Crippen MR) is 119 cm³/mol. The van der Waals surface area contributed by atoms with Crippen LogP contribution in [0.15, 0.2) is 43.1 Å². The molecule has 0 saturated heterocycles. The van der Waals surface area contributed by atoms with Crippen molar-refractivity contribution in [2.45, 2.75) is 26.3 Å². The number of rotatable bonds is 6. The third-order valence-corrected chi connectivity index (χ3v) is 5.42. The molecule has 4 aromatic heterocycles. The number of pyridine rings is 1. The molecule has 7 nitrogen and oxygen atoms in total. The van der Waals surface area contributed by atoms with Crippen LogP contribution < -0.4 is 5.32 Å². The molecular formula is C23H20F3N7. The molecule has 33 heavy (non-hydrogen) atoms. The van der Waals surface area contributed by atoms with Crippen molar-refractivity contribution in [3.05, 3.63) is 66.1 Å². The van der Waals surface area contributed by atoms with Gasteiger partial charge in [0.1, 0.15) is 23.0 Å². The molecule has 5 rings (SSSR count). The number of benzene rings is 1. The molecule has 0 aliphatic heterocycles. The molecule has 0 fully saturated rings. The highest BCUT2D eigenvalue weighted by Gasteiger charge is 2.17. The summed E-state index contributed by atoms with van der Waals surface area (Å²) in [7, 11) is 0. The molecule has 0 atom stereocenters. The summed E-state index contributed by atoms with van der Waals surface area (Å²) in [6.07, 6.45) is 6.46. The van der Waals surface area contributed by atoms with Gasteiger partial charge >= 0.3 is 0 Å². The van der Waals surface area contributed by atoms with Gasteiger partial charge in [0.2, 0.25) is 0 Å². The summed E-state index contributed by atoms with van der Waals surface area (Å²) in [6, 6.07) is 3.59. The number of halogens is 3. The Labute approximate surface area is 186 Å². The Balaban J connectivity index is 1.48. The first-order chi connectivity index (χ1) is 15.9. The minimum Gasteiger partial charge on any atom is -0.368 e. The minimum absolute atomic E-state index is 0.104. The Morgan fingerprint density at radius 1 is 1.06 bits per heavy atom. The first kappa shape index (κ1) is 20.9. The molecule has 5 aromatic rings. The van der Waals surface area contributed by atoms with E-state index in [1.54, 1.807) is 12.5 Å². The van der Waals surface area contributed by atoms with E-state index in [-0.39, 0.29) is 11.6 Å².